The summed E-state index contributed by atoms with van der Waals surface area (Å²) in [6, 6.07) is -0.458. The normalized spacial score (nSPS) is 18.4. The maximum absolute atomic E-state index is 12.3. The van der Waals surface area contributed by atoms with Crippen molar-refractivity contribution in [1.29, 1.82) is 0 Å². The molecule has 6 nitrogen and oxygen atoms in total. The average molecular weight is 295 g/mol. The third-order valence-electron chi connectivity index (χ3n) is 3.38. The molecule has 0 radical (unpaired) electrons. The molecule has 0 aliphatic carbocycles. The van der Waals surface area contributed by atoms with Crippen LogP contribution in [-0.2, 0) is 14.3 Å². The lowest BCUT2D eigenvalue weighted by Crippen LogP contribution is -2.57. The molecule has 21 heavy (non-hydrogen) atoms. The Morgan fingerprint density at radius 3 is 2.71 bits per heavy atom. The van der Waals surface area contributed by atoms with Gasteiger partial charge in [-0.05, 0) is 0 Å². The zero-order chi connectivity index (χ0) is 15.7. The van der Waals surface area contributed by atoms with Crippen LogP contribution < -0.4 is 5.32 Å². The van der Waals surface area contributed by atoms with E-state index >= 15 is 0 Å². The molecule has 1 unspecified atom stereocenters. The molecule has 6 heteroatoms. The molecule has 0 aromatic rings. The molecule has 2 amide bonds. The summed E-state index contributed by atoms with van der Waals surface area (Å²) in [6.07, 6.45) is 3.49. The Morgan fingerprint density at radius 1 is 1.48 bits per heavy atom. The second kappa shape index (κ2) is 9.31. The second-order valence-electron chi connectivity index (χ2n) is 4.90. The number of carbonyl (C=O) groups is 2. The quantitative estimate of drug-likeness (QED) is 0.609. The molecule has 0 saturated carbocycles. The van der Waals surface area contributed by atoms with Crippen LogP contribution in [0.3, 0.4) is 0 Å². The highest BCUT2D eigenvalue weighted by Crippen LogP contribution is 2.07. The summed E-state index contributed by atoms with van der Waals surface area (Å²) in [4.78, 5) is 27.9. The van der Waals surface area contributed by atoms with Crippen molar-refractivity contribution in [3.05, 3.63) is 25.3 Å². The van der Waals surface area contributed by atoms with Gasteiger partial charge in [-0.15, -0.1) is 13.2 Å². The van der Waals surface area contributed by atoms with Crippen LogP contribution in [0, 0.1) is 0 Å². The Morgan fingerprint density at radius 2 is 2.14 bits per heavy atom. The lowest BCUT2D eigenvalue weighted by molar-refractivity contribution is -0.141. The fourth-order valence-corrected chi connectivity index (χ4v) is 2.27. The number of amides is 2. The summed E-state index contributed by atoms with van der Waals surface area (Å²) < 4.78 is 5.00. The van der Waals surface area contributed by atoms with Crippen molar-refractivity contribution < 1.29 is 14.3 Å². The summed E-state index contributed by atoms with van der Waals surface area (Å²) in [7, 11) is 1.61. The zero-order valence-electron chi connectivity index (χ0n) is 12.7. The molecule has 1 aliphatic heterocycles. The number of rotatable bonds is 9. The van der Waals surface area contributed by atoms with Gasteiger partial charge in [0.1, 0.15) is 0 Å². The smallest absolute Gasteiger partial charge is 0.240 e. The Bertz CT molecular complexity index is 374. The van der Waals surface area contributed by atoms with Crippen molar-refractivity contribution in [2.45, 2.75) is 12.5 Å². The van der Waals surface area contributed by atoms with E-state index in [-0.39, 0.29) is 18.2 Å². The topological polar surface area (TPSA) is 61.9 Å². The van der Waals surface area contributed by atoms with E-state index in [2.05, 4.69) is 18.5 Å². The van der Waals surface area contributed by atoms with Gasteiger partial charge in [-0.2, -0.15) is 0 Å². The van der Waals surface area contributed by atoms with Crippen LogP contribution in [0.1, 0.15) is 6.42 Å². The van der Waals surface area contributed by atoms with E-state index in [9.17, 15) is 9.59 Å². The number of nitrogens with zero attached hydrogens (tertiary/aromatic N) is 2. The van der Waals surface area contributed by atoms with Crippen molar-refractivity contribution in [3.8, 4) is 0 Å². The standard InChI is InChI=1S/C15H25N3O3/c1-4-7-17(8-5-2)14(19)12-13-15(20)18(9-6-16-13)10-11-21-3/h4-5,13,16H,1-2,6-12H2,3H3. The van der Waals surface area contributed by atoms with Gasteiger partial charge in [-0.25, -0.2) is 0 Å². The maximum Gasteiger partial charge on any atom is 0.240 e. The predicted molar refractivity (Wildman–Crippen MR) is 81.8 cm³/mol. The van der Waals surface area contributed by atoms with Gasteiger partial charge >= 0.3 is 0 Å². The summed E-state index contributed by atoms with van der Waals surface area (Å²) >= 11 is 0. The first kappa shape index (κ1) is 17.4. The third kappa shape index (κ3) is 5.32. The SMILES string of the molecule is C=CCN(CC=C)C(=O)CC1NCCN(CCOC)C1=O. The van der Waals surface area contributed by atoms with Gasteiger partial charge < -0.3 is 19.9 Å². The minimum absolute atomic E-state index is 0.0381. The summed E-state index contributed by atoms with van der Waals surface area (Å²) in [5.74, 6) is -0.113. The Hall–Kier alpha value is -1.66. The van der Waals surface area contributed by atoms with E-state index in [1.54, 1.807) is 29.1 Å². The molecule has 0 aromatic carbocycles. The van der Waals surface area contributed by atoms with E-state index in [1.807, 2.05) is 0 Å². The molecular formula is C15H25N3O3. The zero-order valence-corrected chi connectivity index (χ0v) is 12.7. The van der Waals surface area contributed by atoms with Gasteiger partial charge in [0.15, 0.2) is 0 Å². The second-order valence-corrected chi connectivity index (χ2v) is 4.90. The van der Waals surface area contributed by atoms with Crippen LogP contribution in [0.25, 0.3) is 0 Å². The molecule has 1 fully saturated rings. The first-order chi connectivity index (χ1) is 10.1. The summed E-state index contributed by atoms with van der Waals surface area (Å²) in [5, 5.41) is 3.11. The molecule has 0 aromatic heterocycles. The molecule has 118 valence electrons. The molecule has 1 saturated heterocycles. The number of carbonyl (C=O) groups excluding carboxylic acids is 2. The van der Waals surface area contributed by atoms with E-state index in [4.69, 9.17) is 4.74 Å². The molecule has 1 aliphatic rings. The van der Waals surface area contributed by atoms with Crippen LogP contribution in [0.2, 0.25) is 0 Å². The average Bonchev–Trinajstić information content (AvgIpc) is 2.48. The first-order valence-corrected chi connectivity index (χ1v) is 7.14. The highest BCUT2D eigenvalue weighted by atomic mass is 16.5. The number of hydrogen-bond acceptors (Lipinski definition) is 4. The van der Waals surface area contributed by atoms with Crippen molar-refractivity contribution in [1.82, 2.24) is 15.1 Å². The molecule has 1 N–H and O–H groups in total. The minimum Gasteiger partial charge on any atom is -0.383 e. The van der Waals surface area contributed by atoms with Gasteiger partial charge in [-0.3, -0.25) is 9.59 Å². The van der Waals surface area contributed by atoms with E-state index in [0.717, 1.165) is 0 Å². The van der Waals surface area contributed by atoms with Crippen LogP contribution in [0.15, 0.2) is 25.3 Å². The highest BCUT2D eigenvalue weighted by Gasteiger charge is 2.30. The van der Waals surface area contributed by atoms with E-state index in [0.29, 0.717) is 39.3 Å². The van der Waals surface area contributed by atoms with Gasteiger partial charge in [-0.1, -0.05) is 12.2 Å². The Labute approximate surface area is 126 Å². The van der Waals surface area contributed by atoms with Gasteiger partial charge in [0, 0.05) is 39.8 Å². The van der Waals surface area contributed by atoms with E-state index in [1.165, 1.54) is 0 Å². The van der Waals surface area contributed by atoms with Crippen LogP contribution in [0.4, 0.5) is 0 Å². The molecule has 1 heterocycles. The monoisotopic (exact) mass is 295 g/mol. The Kier molecular flexibility index (Phi) is 7.71. The fraction of sp³-hybridized carbons (Fsp3) is 0.600. The molecule has 1 atom stereocenters. The minimum atomic E-state index is -0.458. The van der Waals surface area contributed by atoms with Crippen molar-refractivity contribution >= 4 is 11.8 Å². The molecular weight excluding hydrogens is 270 g/mol. The molecule has 0 bridgehead atoms. The highest BCUT2D eigenvalue weighted by molar-refractivity contribution is 5.89. The van der Waals surface area contributed by atoms with Crippen LogP contribution in [-0.4, -0.2) is 74.1 Å². The number of nitrogens with one attached hydrogen (secondary N) is 1. The molecule has 0 spiro atoms. The summed E-state index contributed by atoms with van der Waals surface area (Å²) in [6.45, 7) is 10.6. The summed E-state index contributed by atoms with van der Waals surface area (Å²) in [5.41, 5.74) is 0. The number of hydrogen-bond donors (Lipinski definition) is 1. The fourth-order valence-electron chi connectivity index (χ4n) is 2.27. The number of methoxy groups -OCH3 is 1. The van der Waals surface area contributed by atoms with Crippen molar-refractivity contribution in [2.24, 2.45) is 0 Å². The largest absolute Gasteiger partial charge is 0.383 e. The van der Waals surface area contributed by atoms with Gasteiger partial charge in [0.2, 0.25) is 11.8 Å². The molecule has 1 rings (SSSR count). The Balaban J connectivity index is 2.58. The number of ether oxygens (including phenoxy) is 1. The first-order valence-electron chi connectivity index (χ1n) is 7.14. The lowest BCUT2D eigenvalue weighted by Gasteiger charge is -2.33. The third-order valence-corrected chi connectivity index (χ3v) is 3.38. The van der Waals surface area contributed by atoms with E-state index < -0.39 is 6.04 Å². The van der Waals surface area contributed by atoms with Crippen molar-refractivity contribution in [2.75, 3.05) is 46.4 Å². The van der Waals surface area contributed by atoms with Gasteiger partial charge in [0.05, 0.1) is 19.1 Å². The lowest BCUT2D eigenvalue weighted by atomic mass is 10.1. The van der Waals surface area contributed by atoms with Gasteiger partial charge in [0.25, 0.3) is 0 Å². The van der Waals surface area contributed by atoms with Crippen LogP contribution >= 0.6 is 0 Å². The van der Waals surface area contributed by atoms with Crippen LogP contribution in [0.5, 0.6) is 0 Å². The number of piperazine rings is 1. The predicted octanol–water partition coefficient (Wildman–Crippen LogP) is 0.0239. The maximum atomic E-state index is 12.3. The van der Waals surface area contributed by atoms with Crippen molar-refractivity contribution in [3.63, 3.8) is 0 Å².